The van der Waals surface area contributed by atoms with Gasteiger partial charge in [0.05, 0.1) is 12.1 Å². The van der Waals surface area contributed by atoms with Crippen molar-refractivity contribution in [2.45, 2.75) is 44.8 Å². The van der Waals surface area contributed by atoms with E-state index in [2.05, 4.69) is 13.0 Å². The number of halogens is 1. The van der Waals surface area contributed by atoms with Crippen LogP contribution in [0.1, 0.15) is 42.9 Å². The zero-order valence-electron chi connectivity index (χ0n) is 10.3. The number of aryl methyl sites for hydroxylation is 1. The van der Waals surface area contributed by atoms with Crippen LogP contribution in [0, 0.1) is 12.8 Å². The van der Waals surface area contributed by atoms with E-state index >= 15 is 0 Å². The molecule has 1 fully saturated rings. The summed E-state index contributed by atoms with van der Waals surface area (Å²) in [5, 5.41) is 10.3. The lowest BCUT2D eigenvalue weighted by Gasteiger charge is -2.25. The number of benzene rings is 1. The van der Waals surface area contributed by atoms with E-state index in [-0.39, 0.29) is 24.6 Å². The second-order valence-electron chi connectivity index (χ2n) is 4.92. The second kappa shape index (κ2) is 6.39. The molecule has 0 amide bonds. The van der Waals surface area contributed by atoms with Gasteiger partial charge < -0.3 is 10.8 Å². The lowest BCUT2D eigenvalue weighted by molar-refractivity contribution is 0.0843. The lowest BCUT2D eigenvalue weighted by Crippen LogP contribution is -2.32. The van der Waals surface area contributed by atoms with Crippen LogP contribution in [-0.4, -0.2) is 11.2 Å². The van der Waals surface area contributed by atoms with Crippen molar-refractivity contribution >= 4 is 12.4 Å². The molecule has 0 aromatic heterocycles. The molecule has 0 aliphatic heterocycles. The summed E-state index contributed by atoms with van der Waals surface area (Å²) in [7, 11) is 0. The van der Waals surface area contributed by atoms with Crippen molar-refractivity contribution in [3.05, 3.63) is 35.4 Å². The molecule has 1 saturated carbocycles. The van der Waals surface area contributed by atoms with Crippen LogP contribution in [0.25, 0.3) is 0 Å². The molecule has 96 valence electrons. The molecule has 1 aliphatic rings. The summed E-state index contributed by atoms with van der Waals surface area (Å²) in [5.41, 5.74) is 8.43. The molecule has 0 bridgehead atoms. The molecule has 2 rings (SSSR count). The van der Waals surface area contributed by atoms with Crippen molar-refractivity contribution < 1.29 is 5.11 Å². The number of hydrogen-bond donors (Lipinski definition) is 2. The number of aliphatic hydroxyl groups excluding tert-OH is 1. The van der Waals surface area contributed by atoms with Crippen molar-refractivity contribution in [1.82, 2.24) is 0 Å². The van der Waals surface area contributed by atoms with Gasteiger partial charge in [0, 0.05) is 0 Å². The minimum atomic E-state index is -0.386. The van der Waals surface area contributed by atoms with E-state index in [4.69, 9.17) is 5.73 Å². The van der Waals surface area contributed by atoms with Gasteiger partial charge in [0.1, 0.15) is 0 Å². The quantitative estimate of drug-likeness (QED) is 0.872. The zero-order valence-corrected chi connectivity index (χ0v) is 11.1. The van der Waals surface area contributed by atoms with Gasteiger partial charge in [0.2, 0.25) is 0 Å². The minimum absolute atomic E-state index is 0. The molecule has 1 aromatic carbocycles. The summed E-state index contributed by atoms with van der Waals surface area (Å²) in [4.78, 5) is 0. The van der Waals surface area contributed by atoms with E-state index < -0.39 is 0 Å². The van der Waals surface area contributed by atoms with E-state index in [0.29, 0.717) is 5.92 Å². The van der Waals surface area contributed by atoms with Crippen LogP contribution in [0.5, 0.6) is 0 Å². The lowest BCUT2D eigenvalue weighted by atomic mass is 9.89. The Morgan fingerprint density at radius 3 is 2.41 bits per heavy atom. The van der Waals surface area contributed by atoms with E-state index in [1.807, 2.05) is 18.2 Å². The van der Waals surface area contributed by atoms with Gasteiger partial charge in [-0.25, -0.2) is 0 Å². The summed E-state index contributed by atoms with van der Waals surface area (Å²) in [6.45, 7) is 2.05. The highest BCUT2D eigenvalue weighted by Crippen LogP contribution is 2.33. The van der Waals surface area contributed by atoms with Gasteiger partial charge in [-0.1, -0.05) is 37.1 Å². The fraction of sp³-hybridized carbons (Fsp3) is 0.571. The number of nitrogens with two attached hydrogens (primary N) is 1. The fourth-order valence-corrected chi connectivity index (χ4v) is 2.74. The van der Waals surface area contributed by atoms with Gasteiger partial charge in [0.25, 0.3) is 0 Å². The van der Waals surface area contributed by atoms with Crippen LogP contribution in [0.4, 0.5) is 0 Å². The van der Waals surface area contributed by atoms with Crippen LogP contribution in [0.3, 0.4) is 0 Å². The largest absolute Gasteiger partial charge is 0.391 e. The molecule has 0 spiro atoms. The minimum Gasteiger partial charge on any atom is -0.391 e. The van der Waals surface area contributed by atoms with E-state index in [1.54, 1.807) is 0 Å². The fourth-order valence-electron chi connectivity index (χ4n) is 2.74. The maximum Gasteiger partial charge on any atom is 0.0760 e. The molecule has 17 heavy (non-hydrogen) atoms. The van der Waals surface area contributed by atoms with Gasteiger partial charge in [0.15, 0.2) is 0 Å². The van der Waals surface area contributed by atoms with Crippen LogP contribution in [0.2, 0.25) is 0 Å². The van der Waals surface area contributed by atoms with Crippen molar-refractivity contribution in [2.24, 2.45) is 11.7 Å². The zero-order chi connectivity index (χ0) is 11.5. The third-order valence-electron chi connectivity index (χ3n) is 3.80. The molecule has 1 aliphatic carbocycles. The molecule has 0 unspecified atom stereocenters. The topological polar surface area (TPSA) is 46.2 Å². The number of aliphatic hydroxyl groups is 1. The smallest absolute Gasteiger partial charge is 0.0760 e. The van der Waals surface area contributed by atoms with Crippen molar-refractivity contribution in [1.29, 1.82) is 0 Å². The normalized spacial score (nSPS) is 19.7. The van der Waals surface area contributed by atoms with Crippen LogP contribution < -0.4 is 5.73 Å². The molecule has 2 atom stereocenters. The Balaban J connectivity index is 0.00000144. The Labute approximate surface area is 110 Å². The van der Waals surface area contributed by atoms with Crippen LogP contribution >= 0.6 is 12.4 Å². The summed E-state index contributed by atoms with van der Waals surface area (Å²) in [6, 6.07) is 7.84. The highest BCUT2D eigenvalue weighted by molar-refractivity contribution is 5.85. The number of hydrogen-bond acceptors (Lipinski definition) is 2. The number of rotatable bonds is 3. The monoisotopic (exact) mass is 255 g/mol. The standard InChI is InChI=1S/C14H21NO.ClH/c1-10-6-2-5-9-12(10)13(15)14(16)11-7-3-4-8-11;/h2,5-6,9,11,13-14,16H,3-4,7-8,15H2,1H3;1H/t13-,14+;/m1./s1. The molecular formula is C14H22ClNO. The van der Waals surface area contributed by atoms with Gasteiger partial charge in [-0.3, -0.25) is 0 Å². The first-order valence-corrected chi connectivity index (χ1v) is 6.19. The first-order valence-electron chi connectivity index (χ1n) is 6.19. The van der Waals surface area contributed by atoms with Gasteiger partial charge in [-0.15, -0.1) is 12.4 Å². The maximum atomic E-state index is 10.3. The van der Waals surface area contributed by atoms with E-state index in [9.17, 15) is 5.11 Å². The second-order valence-corrected chi connectivity index (χ2v) is 4.92. The van der Waals surface area contributed by atoms with Gasteiger partial charge in [-0.2, -0.15) is 0 Å². The highest BCUT2D eigenvalue weighted by Gasteiger charge is 2.29. The molecule has 0 heterocycles. The SMILES string of the molecule is Cc1ccccc1[C@@H](N)[C@@H](O)C1CCCC1.Cl. The third-order valence-corrected chi connectivity index (χ3v) is 3.80. The van der Waals surface area contributed by atoms with Crippen molar-refractivity contribution in [3.8, 4) is 0 Å². The van der Waals surface area contributed by atoms with Gasteiger partial charge >= 0.3 is 0 Å². The molecule has 3 heteroatoms. The van der Waals surface area contributed by atoms with Crippen molar-refractivity contribution in [2.75, 3.05) is 0 Å². The summed E-state index contributed by atoms with van der Waals surface area (Å²) in [5.74, 6) is 0.398. The van der Waals surface area contributed by atoms with Crippen molar-refractivity contribution in [3.63, 3.8) is 0 Å². The summed E-state index contributed by atoms with van der Waals surface area (Å²) < 4.78 is 0. The highest BCUT2D eigenvalue weighted by atomic mass is 35.5. The molecule has 0 saturated heterocycles. The predicted octanol–water partition coefficient (Wildman–Crippen LogP) is 2.97. The van der Waals surface area contributed by atoms with E-state index in [1.165, 1.54) is 18.4 Å². The van der Waals surface area contributed by atoms with Crippen LogP contribution in [0.15, 0.2) is 24.3 Å². The Bertz CT molecular complexity index is 350. The Morgan fingerprint density at radius 2 is 1.82 bits per heavy atom. The van der Waals surface area contributed by atoms with Crippen LogP contribution in [-0.2, 0) is 0 Å². The molecule has 2 nitrogen and oxygen atoms in total. The Morgan fingerprint density at radius 1 is 1.24 bits per heavy atom. The maximum absolute atomic E-state index is 10.3. The average Bonchev–Trinajstić information content (AvgIpc) is 2.81. The summed E-state index contributed by atoms with van der Waals surface area (Å²) >= 11 is 0. The summed E-state index contributed by atoms with van der Waals surface area (Å²) in [6.07, 6.45) is 4.34. The predicted molar refractivity (Wildman–Crippen MR) is 73.3 cm³/mol. The third kappa shape index (κ3) is 3.21. The van der Waals surface area contributed by atoms with E-state index in [0.717, 1.165) is 18.4 Å². The molecule has 0 radical (unpaired) electrons. The first kappa shape index (κ1) is 14.5. The Hall–Kier alpha value is -0.570. The molecular weight excluding hydrogens is 234 g/mol. The molecule has 3 N–H and O–H groups in total. The average molecular weight is 256 g/mol. The van der Waals surface area contributed by atoms with Gasteiger partial charge in [-0.05, 0) is 36.8 Å². The first-order chi connectivity index (χ1) is 7.70. The Kier molecular flexibility index (Phi) is 5.44. The molecule has 1 aromatic rings.